The highest BCUT2D eigenvalue weighted by Gasteiger charge is 2.26. The van der Waals surface area contributed by atoms with Crippen molar-refractivity contribution >= 4 is 11.8 Å². The smallest absolute Gasteiger partial charge is 0.242 e. The Bertz CT molecular complexity index is 1110. The summed E-state index contributed by atoms with van der Waals surface area (Å²) in [4.78, 5) is 27.0. The van der Waals surface area contributed by atoms with Crippen LogP contribution in [0, 0.1) is 17.5 Å². The molecule has 8 heteroatoms. The second-order valence-electron chi connectivity index (χ2n) is 7.38. The number of halogens is 3. The first-order valence-corrected chi connectivity index (χ1v) is 9.91. The molecular weight excluding hydrogens is 407 g/mol. The number of hydrogen-bond donors (Lipinski definition) is 3. The number of rotatable bonds is 6. The summed E-state index contributed by atoms with van der Waals surface area (Å²) in [7, 11) is 0. The Morgan fingerprint density at radius 2 is 1.52 bits per heavy atom. The molecular formula is C23H20F3N3O2. The molecule has 1 atom stereocenters. The van der Waals surface area contributed by atoms with Gasteiger partial charge in [0.05, 0.1) is 11.4 Å². The van der Waals surface area contributed by atoms with E-state index in [9.17, 15) is 18.4 Å². The number of amides is 2. The van der Waals surface area contributed by atoms with Crippen molar-refractivity contribution in [2.24, 2.45) is 0 Å². The summed E-state index contributed by atoms with van der Waals surface area (Å²) >= 11 is 0. The van der Waals surface area contributed by atoms with Crippen molar-refractivity contribution in [1.82, 2.24) is 15.6 Å². The lowest BCUT2D eigenvalue weighted by Gasteiger charge is -2.10. The Labute approximate surface area is 176 Å². The maximum absolute atomic E-state index is 15.4. The fourth-order valence-corrected chi connectivity index (χ4v) is 3.67. The van der Waals surface area contributed by atoms with E-state index in [1.165, 1.54) is 48.5 Å². The number of carbonyl (C=O) groups is 2. The molecule has 1 aliphatic heterocycles. The van der Waals surface area contributed by atoms with Gasteiger partial charge >= 0.3 is 0 Å². The maximum Gasteiger partial charge on any atom is 0.242 e. The first-order chi connectivity index (χ1) is 14.9. The molecule has 4 rings (SSSR count). The van der Waals surface area contributed by atoms with Crippen molar-refractivity contribution in [2.75, 3.05) is 6.54 Å². The third-order valence-corrected chi connectivity index (χ3v) is 5.29. The second kappa shape index (κ2) is 8.67. The standard InChI is InChI=1S/C23H20F3N3O2/c24-15-5-1-13(2-6-15)21-17(9-10-19(30)28-18-11-12-27-23(18)31)20(26)22(29-21)14-3-7-16(25)8-4-14/h1-8,18,29H,9-12H2,(H,27,31)(H,28,30). The molecule has 2 amide bonds. The SMILES string of the molecule is O=C(CCc1c(-c2ccc(F)cc2)[nH]c(-c2ccc(F)cc2)c1F)NC1CCNC1=O. The molecule has 1 fully saturated rings. The third-order valence-electron chi connectivity index (χ3n) is 5.29. The quantitative estimate of drug-likeness (QED) is 0.561. The molecule has 2 aromatic carbocycles. The van der Waals surface area contributed by atoms with Crippen LogP contribution in [0.15, 0.2) is 48.5 Å². The predicted octanol–water partition coefficient (Wildman–Crippen LogP) is 3.70. The molecule has 2 heterocycles. The van der Waals surface area contributed by atoms with Crippen LogP contribution in [0.1, 0.15) is 18.4 Å². The van der Waals surface area contributed by atoms with Crippen molar-refractivity contribution in [2.45, 2.75) is 25.3 Å². The monoisotopic (exact) mass is 427 g/mol. The Morgan fingerprint density at radius 1 is 0.935 bits per heavy atom. The van der Waals surface area contributed by atoms with Gasteiger partial charge in [-0.2, -0.15) is 0 Å². The zero-order valence-electron chi connectivity index (χ0n) is 16.5. The highest BCUT2D eigenvalue weighted by Crippen LogP contribution is 2.33. The number of nitrogens with one attached hydrogen (secondary N) is 3. The van der Waals surface area contributed by atoms with Crippen LogP contribution in [0.25, 0.3) is 22.5 Å². The molecule has 5 nitrogen and oxygen atoms in total. The van der Waals surface area contributed by atoms with Crippen molar-refractivity contribution in [3.63, 3.8) is 0 Å². The van der Waals surface area contributed by atoms with Gasteiger partial charge in [-0.15, -0.1) is 0 Å². The van der Waals surface area contributed by atoms with E-state index in [0.29, 0.717) is 29.8 Å². The van der Waals surface area contributed by atoms with Gasteiger partial charge in [0.2, 0.25) is 11.8 Å². The molecule has 31 heavy (non-hydrogen) atoms. The van der Waals surface area contributed by atoms with E-state index in [1.807, 2.05) is 0 Å². The van der Waals surface area contributed by atoms with Crippen LogP contribution in [-0.4, -0.2) is 29.4 Å². The van der Waals surface area contributed by atoms with Crippen LogP contribution in [0.2, 0.25) is 0 Å². The fourth-order valence-electron chi connectivity index (χ4n) is 3.67. The van der Waals surface area contributed by atoms with Crippen molar-refractivity contribution in [3.8, 4) is 22.5 Å². The van der Waals surface area contributed by atoms with Crippen LogP contribution in [0.4, 0.5) is 13.2 Å². The van der Waals surface area contributed by atoms with Gasteiger partial charge in [0.1, 0.15) is 17.7 Å². The average molecular weight is 427 g/mol. The molecule has 0 spiro atoms. The molecule has 3 N–H and O–H groups in total. The summed E-state index contributed by atoms with van der Waals surface area (Å²) in [6, 6.07) is 10.3. The summed E-state index contributed by atoms with van der Waals surface area (Å²) in [5.41, 5.74) is 1.84. The van der Waals surface area contributed by atoms with Gasteiger partial charge < -0.3 is 15.6 Å². The number of benzene rings is 2. The van der Waals surface area contributed by atoms with Crippen LogP contribution < -0.4 is 10.6 Å². The van der Waals surface area contributed by atoms with Crippen molar-refractivity contribution < 1.29 is 22.8 Å². The maximum atomic E-state index is 15.4. The first-order valence-electron chi connectivity index (χ1n) is 9.91. The summed E-state index contributed by atoms with van der Waals surface area (Å²) < 4.78 is 42.0. The van der Waals surface area contributed by atoms with Crippen molar-refractivity contribution in [3.05, 3.63) is 71.5 Å². The number of H-pyrrole nitrogens is 1. The molecule has 1 saturated heterocycles. The van der Waals surface area contributed by atoms with Crippen LogP contribution in [0.3, 0.4) is 0 Å². The number of aromatic nitrogens is 1. The van der Waals surface area contributed by atoms with E-state index < -0.39 is 23.5 Å². The minimum absolute atomic E-state index is 0.0321. The summed E-state index contributed by atoms with van der Waals surface area (Å²) in [6.07, 6.45) is 0.546. The van der Waals surface area contributed by atoms with Gasteiger partial charge in [0, 0.05) is 24.1 Å². The van der Waals surface area contributed by atoms with E-state index in [-0.39, 0.29) is 35.9 Å². The predicted molar refractivity (Wildman–Crippen MR) is 109 cm³/mol. The minimum atomic E-state index is -0.574. The Morgan fingerprint density at radius 3 is 2.06 bits per heavy atom. The van der Waals surface area contributed by atoms with E-state index in [1.54, 1.807) is 0 Å². The van der Waals surface area contributed by atoms with E-state index >= 15 is 4.39 Å². The van der Waals surface area contributed by atoms with Gasteiger partial charge in [-0.25, -0.2) is 13.2 Å². The van der Waals surface area contributed by atoms with Gasteiger partial charge in [0.25, 0.3) is 0 Å². The first kappa shape index (κ1) is 20.7. The normalized spacial score (nSPS) is 15.7. The average Bonchev–Trinajstić information content (AvgIpc) is 3.30. The molecule has 0 bridgehead atoms. The fraction of sp³-hybridized carbons (Fsp3) is 0.217. The summed E-state index contributed by atoms with van der Waals surface area (Å²) in [6.45, 7) is 0.506. The summed E-state index contributed by atoms with van der Waals surface area (Å²) in [5, 5.41) is 5.30. The van der Waals surface area contributed by atoms with Crippen LogP contribution in [0.5, 0.6) is 0 Å². The lowest BCUT2D eigenvalue weighted by molar-refractivity contribution is -0.127. The molecule has 0 radical (unpaired) electrons. The van der Waals surface area contributed by atoms with Gasteiger partial charge in [0.15, 0.2) is 5.82 Å². The lowest BCUT2D eigenvalue weighted by Crippen LogP contribution is -2.40. The second-order valence-corrected chi connectivity index (χ2v) is 7.38. The molecule has 1 aromatic heterocycles. The zero-order valence-corrected chi connectivity index (χ0v) is 16.5. The Hall–Kier alpha value is -3.55. The van der Waals surface area contributed by atoms with Crippen LogP contribution >= 0.6 is 0 Å². The van der Waals surface area contributed by atoms with Gasteiger partial charge in [-0.05, 0) is 66.9 Å². The number of aromatic amines is 1. The molecule has 0 saturated carbocycles. The topological polar surface area (TPSA) is 74.0 Å². The van der Waals surface area contributed by atoms with E-state index in [0.717, 1.165) is 0 Å². The Kier molecular flexibility index (Phi) is 5.79. The minimum Gasteiger partial charge on any atom is -0.354 e. The molecule has 1 aliphatic rings. The largest absolute Gasteiger partial charge is 0.354 e. The number of hydrogen-bond acceptors (Lipinski definition) is 2. The summed E-state index contributed by atoms with van der Waals surface area (Å²) in [5.74, 6) is -2.02. The lowest BCUT2D eigenvalue weighted by atomic mass is 10.0. The highest BCUT2D eigenvalue weighted by atomic mass is 19.1. The zero-order chi connectivity index (χ0) is 22.0. The van der Waals surface area contributed by atoms with Crippen LogP contribution in [-0.2, 0) is 16.0 Å². The van der Waals surface area contributed by atoms with Gasteiger partial charge in [-0.1, -0.05) is 0 Å². The third kappa shape index (κ3) is 4.47. The van der Waals surface area contributed by atoms with E-state index in [4.69, 9.17) is 0 Å². The molecule has 3 aromatic rings. The number of carbonyl (C=O) groups excluding carboxylic acids is 2. The molecule has 160 valence electrons. The van der Waals surface area contributed by atoms with E-state index in [2.05, 4.69) is 15.6 Å². The van der Waals surface area contributed by atoms with Gasteiger partial charge in [-0.3, -0.25) is 9.59 Å². The highest BCUT2D eigenvalue weighted by molar-refractivity contribution is 5.89. The van der Waals surface area contributed by atoms with Crippen molar-refractivity contribution in [1.29, 1.82) is 0 Å². The Balaban J connectivity index is 1.62. The molecule has 0 aliphatic carbocycles. The molecule has 1 unspecified atom stereocenters.